The lowest BCUT2D eigenvalue weighted by Gasteiger charge is -2.34. The van der Waals surface area contributed by atoms with Crippen LogP contribution in [0.15, 0.2) is 22.7 Å². The maximum atomic E-state index is 13.8. The molecule has 0 atom stereocenters. The van der Waals surface area contributed by atoms with Crippen molar-refractivity contribution in [3.63, 3.8) is 0 Å². The van der Waals surface area contributed by atoms with E-state index >= 15 is 0 Å². The Labute approximate surface area is 175 Å². The zero-order valence-electron chi connectivity index (χ0n) is 17.4. The molecule has 4 heterocycles. The lowest BCUT2D eigenvalue weighted by molar-refractivity contribution is 0.0481. The van der Waals surface area contributed by atoms with E-state index in [0.717, 1.165) is 69.1 Å². The fourth-order valence-corrected chi connectivity index (χ4v) is 4.70. The van der Waals surface area contributed by atoms with Crippen LogP contribution >= 0.6 is 0 Å². The van der Waals surface area contributed by atoms with Crippen molar-refractivity contribution in [3.05, 3.63) is 35.6 Å². The van der Waals surface area contributed by atoms with E-state index in [1.807, 2.05) is 6.92 Å². The molecule has 2 aliphatic heterocycles. The zero-order valence-corrected chi connectivity index (χ0v) is 17.4. The van der Waals surface area contributed by atoms with Crippen LogP contribution in [-0.4, -0.2) is 57.7 Å². The van der Waals surface area contributed by atoms with Gasteiger partial charge in [0.15, 0.2) is 0 Å². The molecule has 30 heavy (non-hydrogen) atoms. The number of hydrogen-bond acceptors (Lipinski definition) is 6. The van der Waals surface area contributed by atoms with E-state index in [1.165, 1.54) is 25.0 Å². The number of piperidine rings is 1. The van der Waals surface area contributed by atoms with Crippen molar-refractivity contribution in [2.24, 2.45) is 5.92 Å². The number of nitrogens with zero attached hydrogens (tertiary/aromatic N) is 5. The number of halogens is 1. The van der Waals surface area contributed by atoms with E-state index in [0.29, 0.717) is 17.4 Å². The molecule has 3 aromatic rings. The first-order valence-corrected chi connectivity index (χ1v) is 11.0. The first-order valence-electron chi connectivity index (χ1n) is 11.0. The molecule has 0 N–H and O–H groups in total. The van der Waals surface area contributed by atoms with Crippen molar-refractivity contribution in [1.82, 2.24) is 24.8 Å². The second-order valence-electron chi connectivity index (χ2n) is 8.44. The van der Waals surface area contributed by atoms with Crippen LogP contribution in [0.3, 0.4) is 0 Å². The Bertz CT molecular complexity index is 1000. The normalized spacial score (nSPS) is 19.7. The highest BCUT2D eigenvalue weighted by atomic mass is 19.1. The van der Waals surface area contributed by atoms with Crippen molar-refractivity contribution in [1.29, 1.82) is 0 Å². The number of likely N-dealkylation sites (tertiary alicyclic amines) is 1. The quantitative estimate of drug-likeness (QED) is 0.635. The summed E-state index contributed by atoms with van der Waals surface area (Å²) >= 11 is 0. The highest BCUT2D eigenvalue weighted by Gasteiger charge is 2.28. The molecule has 0 unspecified atom stereocenters. The van der Waals surface area contributed by atoms with E-state index in [1.54, 1.807) is 10.7 Å². The molecule has 0 aliphatic carbocycles. The molecule has 0 spiro atoms. The summed E-state index contributed by atoms with van der Waals surface area (Å²) < 4.78 is 26.5. The van der Waals surface area contributed by atoms with Gasteiger partial charge in [-0.3, -0.25) is 0 Å². The number of fused-ring (bicyclic) bond motifs is 1. The number of rotatable bonds is 5. The van der Waals surface area contributed by atoms with Crippen molar-refractivity contribution in [3.8, 4) is 5.95 Å². The highest BCUT2D eigenvalue weighted by molar-refractivity contribution is 5.83. The molecule has 5 rings (SSSR count). The molecule has 0 saturated carbocycles. The first-order chi connectivity index (χ1) is 14.7. The Hall–Kier alpha value is -2.32. The Morgan fingerprint density at radius 3 is 2.70 bits per heavy atom. The minimum Gasteiger partial charge on any atom is -0.381 e. The van der Waals surface area contributed by atoms with Gasteiger partial charge in [0.25, 0.3) is 5.95 Å². The standard InChI is InChI=1S/C22H28FN5O2/c1-2-19-18-4-3-17(23)13-20(18)28(25-19)22-24-21(30-26-22)16-5-9-27(10-6-16)14-15-7-11-29-12-8-15/h3-4,13,15-16H,2,5-12,14H2,1H3. The minimum atomic E-state index is -0.299. The number of aromatic nitrogens is 4. The van der Waals surface area contributed by atoms with Gasteiger partial charge in [0, 0.05) is 37.1 Å². The summed E-state index contributed by atoms with van der Waals surface area (Å²) in [6.45, 7) is 7.10. The largest absolute Gasteiger partial charge is 0.381 e. The van der Waals surface area contributed by atoms with Gasteiger partial charge in [-0.25, -0.2) is 4.39 Å². The van der Waals surface area contributed by atoms with Gasteiger partial charge in [-0.05, 0) is 68.4 Å². The lowest BCUT2D eigenvalue weighted by Crippen LogP contribution is -2.38. The summed E-state index contributed by atoms with van der Waals surface area (Å²) in [6, 6.07) is 4.71. The maximum absolute atomic E-state index is 13.8. The van der Waals surface area contributed by atoms with Crippen LogP contribution in [0.25, 0.3) is 16.9 Å². The van der Waals surface area contributed by atoms with Crippen LogP contribution < -0.4 is 0 Å². The molecule has 2 fully saturated rings. The number of hydrogen-bond donors (Lipinski definition) is 0. The SMILES string of the molecule is CCc1nn(-c2noc(C3CCN(CC4CCOCC4)CC3)n2)c2cc(F)ccc12. The smallest absolute Gasteiger partial charge is 0.291 e. The molecule has 7 nitrogen and oxygen atoms in total. The van der Waals surface area contributed by atoms with E-state index < -0.39 is 0 Å². The maximum Gasteiger partial charge on any atom is 0.291 e. The van der Waals surface area contributed by atoms with Gasteiger partial charge in [0.05, 0.1) is 11.2 Å². The second kappa shape index (κ2) is 8.43. The van der Waals surface area contributed by atoms with Crippen LogP contribution in [0, 0.1) is 11.7 Å². The van der Waals surface area contributed by atoms with Gasteiger partial charge in [-0.2, -0.15) is 14.8 Å². The van der Waals surface area contributed by atoms with E-state index in [9.17, 15) is 4.39 Å². The van der Waals surface area contributed by atoms with Crippen LogP contribution in [0.2, 0.25) is 0 Å². The molecular formula is C22H28FN5O2. The summed E-state index contributed by atoms with van der Waals surface area (Å²) in [5.74, 6) is 1.76. The number of benzene rings is 1. The summed E-state index contributed by atoms with van der Waals surface area (Å²) in [7, 11) is 0. The van der Waals surface area contributed by atoms with Crippen molar-refractivity contribution >= 4 is 10.9 Å². The van der Waals surface area contributed by atoms with Gasteiger partial charge in [-0.1, -0.05) is 6.92 Å². The summed E-state index contributed by atoms with van der Waals surface area (Å²) in [4.78, 5) is 7.19. The topological polar surface area (TPSA) is 69.2 Å². The predicted molar refractivity (Wildman–Crippen MR) is 110 cm³/mol. The average Bonchev–Trinajstić information content (AvgIpc) is 3.39. The van der Waals surface area contributed by atoms with Crippen molar-refractivity contribution in [2.75, 3.05) is 32.8 Å². The Balaban J connectivity index is 1.29. The summed E-state index contributed by atoms with van der Waals surface area (Å²) in [6.07, 6.45) is 5.13. The fraction of sp³-hybridized carbons (Fsp3) is 0.591. The summed E-state index contributed by atoms with van der Waals surface area (Å²) in [5, 5.41) is 9.69. The van der Waals surface area contributed by atoms with Crippen LogP contribution in [0.1, 0.15) is 50.1 Å². The zero-order chi connectivity index (χ0) is 20.5. The molecule has 1 aromatic carbocycles. The van der Waals surface area contributed by atoms with Crippen molar-refractivity contribution < 1.29 is 13.7 Å². The fourth-order valence-electron chi connectivity index (χ4n) is 4.70. The molecule has 160 valence electrons. The third-order valence-electron chi connectivity index (χ3n) is 6.47. The van der Waals surface area contributed by atoms with Gasteiger partial charge in [0.2, 0.25) is 5.89 Å². The van der Waals surface area contributed by atoms with Gasteiger partial charge < -0.3 is 14.2 Å². The third-order valence-corrected chi connectivity index (χ3v) is 6.47. The molecular weight excluding hydrogens is 385 g/mol. The number of ether oxygens (including phenoxy) is 1. The van der Waals surface area contributed by atoms with E-state index in [2.05, 4.69) is 20.1 Å². The molecule has 2 aromatic heterocycles. The monoisotopic (exact) mass is 413 g/mol. The highest BCUT2D eigenvalue weighted by Crippen LogP contribution is 2.29. The minimum absolute atomic E-state index is 0.265. The van der Waals surface area contributed by atoms with Gasteiger partial charge in [-0.15, -0.1) is 0 Å². The van der Waals surface area contributed by atoms with Crippen LogP contribution in [0.4, 0.5) is 4.39 Å². The van der Waals surface area contributed by atoms with Crippen LogP contribution in [-0.2, 0) is 11.2 Å². The molecule has 2 saturated heterocycles. The van der Waals surface area contributed by atoms with Crippen molar-refractivity contribution in [2.45, 2.75) is 44.9 Å². The molecule has 0 bridgehead atoms. The average molecular weight is 413 g/mol. The Morgan fingerprint density at radius 2 is 1.93 bits per heavy atom. The molecule has 8 heteroatoms. The molecule has 0 amide bonds. The second-order valence-corrected chi connectivity index (χ2v) is 8.44. The third kappa shape index (κ3) is 3.86. The lowest BCUT2D eigenvalue weighted by atomic mass is 9.94. The predicted octanol–water partition coefficient (Wildman–Crippen LogP) is 3.72. The first kappa shape index (κ1) is 19.6. The Morgan fingerprint density at radius 1 is 1.13 bits per heavy atom. The summed E-state index contributed by atoms with van der Waals surface area (Å²) in [5.41, 5.74) is 1.57. The molecule has 0 radical (unpaired) electrons. The van der Waals surface area contributed by atoms with Gasteiger partial charge in [0.1, 0.15) is 5.82 Å². The molecule has 2 aliphatic rings. The Kier molecular flexibility index (Phi) is 5.52. The number of aryl methyl sites for hydroxylation is 1. The van der Waals surface area contributed by atoms with E-state index in [4.69, 9.17) is 9.26 Å². The van der Waals surface area contributed by atoms with Gasteiger partial charge >= 0.3 is 0 Å². The van der Waals surface area contributed by atoms with E-state index in [-0.39, 0.29) is 11.7 Å². The van der Waals surface area contributed by atoms with Crippen LogP contribution in [0.5, 0.6) is 0 Å².